The molecule has 2 aliphatic rings. The molecule has 0 spiro atoms. The lowest BCUT2D eigenvalue weighted by Gasteiger charge is -2.35. The van der Waals surface area contributed by atoms with E-state index in [-0.39, 0.29) is 30.3 Å². The predicted octanol–water partition coefficient (Wildman–Crippen LogP) is 0.926. The maximum atomic E-state index is 12.3. The molecule has 1 amide bonds. The van der Waals surface area contributed by atoms with Crippen LogP contribution in [0, 0.1) is 5.92 Å². The fraction of sp³-hybridized carbons (Fsp3) is 0.733. The molecule has 2 saturated heterocycles. The van der Waals surface area contributed by atoms with Gasteiger partial charge in [0.2, 0.25) is 5.91 Å². The summed E-state index contributed by atoms with van der Waals surface area (Å²) in [7, 11) is 1.93. The number of anilines is 1. The fourth-order valence-corrected chi connectivity index (χ4v) is 3.30. The molecule has 22 heavy (non-hydrogen) atoms. The van der Waals surface area contributed by atoms with Crippen LogP contribution in [-0.2, 0) is 11.8 Å². The third-order valence-electron chi connectivity index (χ3n) is 4.53. The summed E-state index contributed by atoms with van der Waals surface area (Å²) in [4.78, 5) is 14.7. The minimum atomic E-state index is 0. The molecule has 0 saturated carbocycles. The normalized spacial score (nSPS) is 23.0. The number of hydrogen-bond donors (Lipinski definition) is 2. The first-order chi connectivity index (χ1) is 10.2. The van der Waals surface area contributed by atoms with Gasteiger partial charge in [0.1, 0.15) is 0 Å². The van der Waals surface area contributed by atoms with Gasteiger partial charge in [-0.25, -0.2) is 0 Å². The molecule has 1 aromatic rings. The van der Waals surface area contributed by atoms with E-state index in [2.05, 4.69) is 20.6 Å². The van der Waals surface area contributed by atoms with E-state index >= 15 is 0 Å². The van der Waals surface area contributed by atoms with Gasteiger partial charge in [-0.3, -0.25) is 9.48 Å². The van der Waals surface area contributed by atoms with Crippen molar-refractivity contribution >= 4 is 24.0 Å². The molecular formula is C15H26ClN5O. The van der Waals surface area contributed by atoms with Crippen LogP contribution in [0.15, 0.2) is 12.4 Å². The number of carbonyl (C=O) groups excluding carboxylic acids is 1. The Morgan fingerprint density at radius 2 is 2.14 bits per heavy atom. The standard InChI is InChI=1S/C15H25N5O.ClH/c1-19-11-14(9-17-19)20-8-2-3-13(10-20)18-15(21)12-4-6-16-7-5-12;/h9,11-13,16H,2-8,10H2,1H3,(H,18,21);1H. The second-order valence-corrected chi connectivity index (χ2v) is 6.19. The quantitative estimate of drug-likeness (QED) is 0.867. The van der Waals surface area contributed by atoms with Gasteiger partial charge in [-0.05, 0) is 38.8 Å². The average molecular weight is 328 g/mol. The summed E-state index contributed by atoms with van der Waals surface area (Å²) in [6.07, 6.45) is 8.06. The van der Waals surface area contributed by atoms with Crippen LogP contribution in [-0.4, -0.2) is 47.9 Å². The molecule has 0 radical (unpaired) electrons. The Balaban J connectivity index is 0.00000176. The van der Waals surface area contributed by atoms with Crippen molar-refractivity contribution in [2.45, 2.75) is 31.7 Å². The van der Waals surface area contributed by atoms with Crippen molar-refractivity contribution in [1.82, 2.24) is 20.4 Å². The van der Waals surface area contributed by atoms with Crippen molar-refractivity contribution in [1.29, 1.82) is 0 Å². The van der Waals surface area contributed by atoms with Crippen molar-refractivity contribution in [3.05, 3.63) is 12.4 Å². The van der Waals surface area contributed by atoms with E-state index in [1.807, 2.05) is 24.1 Å². The van der Waals surface area contributed by atoms with E-state index in [0.717, 1.165) is 57.5 Å². The third kappa shape index (κ3) is 4.14. The van der Waals surface area contributed by atoms with Gasteiger partial charge < -0.3 is 15.5 Å². The molecule has 1 unspecified atom stereocenters. The van der Waals surface area contributed by atoms with E-state index in [4.69, 9.17) is 0 Å². The van der Waals surface area contributed by atoms with Crippen LogP contribution in [0.3, 0.4) is 0 Å². The highest BCUT2D eigenvalue weighted by atomic mass is 35.5. The summed E-state index contributed by atoms with van der Waals surface area (Å²) in [6, 6.07) is 0.265. The van der Waals surface area contributed by atoms with Crippen LogP contribution in [0.1, 0.15) is 25.7 Å². The van der Waals surface area contributed by atoms with E-state index in [0.29, 0.717) is 0 Å². The first-order valence-corrected chi connectivity index (χ1v) is 7.97. The average Bonchev–Trinajstić information content (AvgIpc) is 2.95. The molecule has 1 atom stereocenters. The number of halogens is 1. The van der Waals surface area contributed by atoms with Gasteiger partial charge >= 0.3 is 0 Å². The zero-order chi connectivity index (χ0) is 14.7. The lowest BCUT2D eigenvalue weighted by Crippen LogP contribution is -2.50. The Bertz CT molecular complexity index is 486. The molecule has 3 heterocycles. The molecule has 2 aliphatic heterocycles. The van der Waals surface area contributed by atoms with Crippen LogP contribution >= 0.6 is 12.4 Å². The van der Waals surface area contributed by atoms with Gasteiger partial charge in [0.25, 0.3) is 0 Å². The summed E-state index contributed by atoms with van der Waals surface area (Å²) >= 11 is 0. The maximum absolute atomic E-state index is 12.3. The van der Waals surface area contributed by atoms with Crippen LogP contribution < -0.4 is 15.5 Å². The molecule has 7 heteroatoms. The van der Waals surface area contributed by atoms with Crippen LogP contribution in [0.5, 0.6) is 0 Å². The van der Waals surface area contributed by atoms with Gasteiger partial charge in [-0.1, -0.05) is 0 Å². The minimum absolute atomic E-state index is 0. The van der Waals surface area contributed by atoms with Gasteiger partial charge in [0.15, 0.2) is 0 Å². The highest BCUT2D eigenvalue weighted by Gasteiger charge is 2.26. The van der Waals surface area contributed by atoms with Crippen molar-refractivity contribution in [3.8, 4) is 0 Å². The smallest absolute Gasteiger partial charge is 0.223 e. The molecule has 3 rings (SSSR count). The number of hydrogen-bond acceptors (Lipinski definition) is 4. The van der Waals surface area contributed by atoms with Crippen molar-refractivity contribution < 1.29 is 4.79 Å². The first-order valence-electron chi connectivity index (χ1n) is 7.97. The molecule has 6 nitrogen and oxygen atoms in total. The number of aromatic nitrogens is 2. The number of nitrogens with zero attached hydrogens (tertiary/aromatic N) is 3. The van der Waals surface area contributed by atoms with Crippen LogP contribution in [0.25, 0.3) is 0 Å². The Kier molecular flexibility index (Phi) is 6.08. The molecular weight excluding hydrogens is 302 g/mol. The number of amides is 1. The molecule has 2 N–H and O–H groups in total. The largest absolute Gasteiger partial charge is 0.367 e. The summed E-state index contributed by atoms with van der Waals surface area (Å²) < 4.78 is 1.83. The number of aryl methyl sites for hydroxylation is 1. The van der Waals surface area contributed by atoms with Gasteiger partial charge in [-0.2, -0.15) is 5.10 Å². The zero-order valence-corrected chi connectivity index (χ0v) is 13.9. The maximum Gasteiger partial charge on any atom is 0.223 e. The van der Waals surface area contributed by atoms with Crippen molar-refractivity contribution in [3.63, 3.8) is 0 Å². The van der Waals surface area contributed by atoms with Crippen LogP contribution in [0.4, 0.5) is 5.69 Å². The van der Waals surface area contributed by atoms with Gasteiger partial charge in [0.05, 0.1) is 11.9 Å². The topological polar surface area (TPSA) is 62.2 Å². The second-order valence-electron chi connectivity index (χ2n) is 6.19. The second kappa shape index (κ2) is 7.83. The summed E-state index contributed by atoms with van der Waals surface area (Å²) in [6.45, 7) is 3.86. The summed E-state index contributed by atoms with van der Waals surface area (Å²) in [5, 5.41) is 10.8. The number of piperidine rings is 2. The van der Waals surface area contributed by atoms with Gasteiger partial charge in [0, 0.05) is 38.3 Å². The number of nitrogens with one attached hydrogen (secondary N) is 2. The number of rotatable bonds is 3. The fourth-order valence-electron chi connectivity index (χ4n) is 3.30. The molecule has 0 bridgehead atoms. The zero-order valence-electron chi connectivity index (χ0n) is 13.1. The highest BCUT2D eigenvalue weighted by molar-refractivity contribution is 5.85. The molecule has 2 fully saturated rings. The Morgan fingerprint density at radius 3 is 2.82 bits per heavy atom. The van der Waals surface area contributed by atoms with Gasteiger partial charge in [-0.15, -0.1) is 12.4 Å². The Hall–Kier alpha value is -1.27. The van der Waals surface area contributed by atoms with E-state index in [1.165, 1.54) is 0 Å². The monoisotopic (exact) mass is 327 g/mol. The summed E-state index contributed by atoms with van der Waals surface area (Å²) in [5.41, 5.74) is 1.15. The third-order valence-corrected chi connectivity index (χ3v) is 4.53. The number of carbonyl (C=O) groups is 1. The van der Waals surface area contributed by atoms with E-state index < -0.39 is 0 Å². The molecule has 1 aromatic heterocycles. The lowest BCUT2D eigenvalue weighted by molar-refractivity contribution is -0.126. The molecule has 0 aromatic carbocycles. The Labute approximate surface area is 138 Å². The summed E-state index contributed by atoms with van der Waals surface area (Å²) in [5.74, 6) is 0.439. The Morgan fingerprint density at radius 1 is 1.36 bits per heavy atom. The minimum Gasteiger partial charge on any atom is -0.367 e. The van der Waals surface area contributed by atoms with E-state index in [1.54, 1.807) is 0 Å². The van der Waals surface area contributed by atoms with Crippen molar-refractivity contribution in [2.75, 3.05) is 31.1 Å². The highest BCUT2D eigenvalue weighted by Crippen LogP contribution is 2.20. The SMILES string of the molecule is Cl.Cn1cc(N2CCCC(NC(=O)C3CCNCC3)C2)cn1. The first kappa shape index (κ1) is 17.1. The lowest BCUT2D eigenvalue weighted by atomic mass is 9.96. The predicted molar refractivity (Wildman–Crippen MR) is 89.4 cm³/mol. The molecule has 124 valence electrons. The molecule has 0 aliphatic carbocycles. The van der Waals surface area contributed by atoms with Crippen molar-refractivity contribution in [2.24, 2.45) is 13.0 Å². The van der Waals surface area contributed by atoms with Crippen LogP contribution in [0.2, 0.25) is 0 Å². The van der Waals surface area contributed by atoms with E-state index in [9.17, 15) is 4.79 Å².